The summed E-state index contributed by atoms with van der Waals surface area (Å²) in [5.74, 6) is -0.575. The van der Waals surface area contributed by atoms with Crippen LogP contribution in [0, 0.1) is 5.92 Å². The van der Waals surface area contributed by atoms with E-state index in [2.05, 4.69) is 10.3 Å². The zero-order valence-corrected chi connectivity index (χ0v) is 10.5. The number of nitrogens with two attached hydrogens (primary N) is 1. The van der Waals surface area contributed by atoms with Gasteiger partial charge in [0.25, 0.3) is 0 Å². The van der Waals surface area contributed by atoms with E-state index in [1.54, 1.807) is 12.1 Å². The van der Waals surface area contributed by atoms with Gasteiger partial charge in [-0.25, -0.2) is 0 Å². The van der Waals surface area contributed by atoms with Gasteiger partial charge in [-0.05, 0) is 30.9 Å². The third-order valence-electron chi connectivity index (χ3n) is 3.09. The summed E-state index contributed by atoms with van der Waals surface area (Å²) in [4.78, 5) is 26.2. The van der Waals surface area contributed by atoms with Gasteiger partial charge in [-0.15, -0.1) is 0 Å². The predicted molar refractivity (Wildman–Crippen MR) is 69.5 cm³/mol. The molecule has 1 aromatic rings. The molecule has 2 rings (SSSR count). The molecule has 1 aliphatic rings. The number of carbonyl (C=O) groups is 2. The number of anilines is 1. The van der Waals surface area contributed by atoms with Gasteiger partial charge in [0.05, 0.1) is 24.0 Å². The van der Waals surface area contributed by atoms with E-state index < -0.39 is 5.97 Å². The first-order valence-corrected chi connectivity index (χ1v) is 6.27. The largest absolute Gasteiger partial charge is 0.481 e. The molecule has 0 spiro atoms. The number of pyridine rings is 1. The Bertz CT molecular complexity index is 469. The van der Waals surface area contributed by atoms with Crippen LogP contribution in [-0.4, -0.2) is 28.0 Å². The van der Waals surface area contributed by atoms with Crippen LogP contribution >= 0.6 is 0 Å². The summed E-state index contributed by atoms with van der Waals surface area (Å²) in [6.45, 7) is 0. The molecule has 6 heteroatoms. The van der Waals surface area contributed by atoms with Crippen LogP contribution < -0.4 is 11.1 Å². The van der Waals surface area contributed by atoms with Crippen molar-refractivity contribution < 1.29 is 14.7 Å². The Labute approximate surface area is 111 Å². The maximum absolute atomic E-state index is 11.7. The smallest absolute Gasteiger partial charge is 0.309 e. The lowest BCUT2D eigenvalue weighted by atomic mass is 10.1. The summed E-state index contributed by atoms with van der Waals surface area (Å²) in [6.07, 6.45) is 3.86. The number of carbonyl (C=O) groups excluding carboxylic acids is 1. The Hall–Kier alpha value is -1.95. The Balaban J connectivity index is 1.84. The Morgan fingerprint density at radius 1 is 1.47 bits per heavy atom. The minimum Gasteiger partial charge on any atom is -0.481 e. The first-order chi connectivity index (χ1) is 9.04. The highest BCUT2D eigenvalue weighted by atomic mass is 16.4. The third kappa shape index (κ3) is 4.33. The molecule has 6 nitrogen and oxygen atoms in total. The summed E-state index contributed by atoms with van der Waals surface area (Å²) in [7, 11) is 0. The molecule has 1 aromatic heterocycles. The van der Waals surface area contributed by atoms with Gasteiger partial charge < -0.3 is 16.2 Å². The number of nitrogens with one attached hydrogen (secondary N) is 1. The Kier molecular flexibility index (Phi) is 4.11. The second-order valence-electron chi connectivity index (χ2n) is 4.86. The number of amides is 1. The highest BCUT2D eigenvalue weighted by Gasteiger charge is 2.29. The second kappa shape index (κ2) is 5.79. The van der Waals surface area contributed by atoms with Gasteiger partial charge in [-0.1, -0.05) is 0 Å². The molecule has 1 amide bonds. The molecule has 0 bridgehead atoms. The van der Waals surface area contributed by atoms with Crippen LogP contribution in [0.3, 0.4) is 0 Å². The minimum absolute atomic E-state index is 0.0701. The summed E-state index contributed by atoms with van der Waals surface area (Å²) in [5, 5.41) is 11.3. The SMILES string of the molecule is NC(CC(=O)Nc1ccc(CC(=O)O)nc1)C1CC1. The van der Waals surface area contributed by atoms with Crippen molar-refractivity contribution in [2.45, 2.75) is 31.7 Å². The summed E-state index contributed by atoms with van der Waals surface area (Å²) >= 11 is 0. The molecule has 1 saturated carbocycles. The van der Waals surface area contributed by atoms with Crippen molar-refractivity contribution in [3.05, 3.63) is 24.0 Å². The average Bonchev–Trinajstić information content (AvgIpc) is 3.14. The third-order valence-corrected chi connectivity index (χ3v) is 3.09. The summed E-state index contributed by atoms with van der Waals surface area (Å²) < 4.78 is 0. The lowest BCUT2D eigenvalue weighted by Crippen LogP contribution is -2.28. The maximum Gasteiger partial charge on any atom is 0.309 e. The van der Waals surface area contributed by atoms with Crippen molar-refractivity contribution in [3.8, 4) is 0 Å². The Morgan fingerprint density at radius 2 is 2.21 bits per heavy atom. The molecule has 1 unspecified atom stereocenters. The molecule has 1 fully saturated rings. The van der Waals surface area contributed by atoms with Gasteiger partial charge >= 0.3 is 5.97 Å². The van der Waals surface area contributed by atoms with E-state index in [0.29, 0.717) is 23.7 Å². The van der Waals surface area contributed by atoms with Gasteiger partial charge in [0.15, 0.2) is 0 Å². The molecule has 0 saturated heterocycles. The van der Waals surface area contributed by atoms with Crippen molar-refractivity contribution in [2.75, 3.05) is 5.32 Å². The quantitative estimate of drug-likeness (QED) is 0.703. The lowest BCUT2D eigenvalue weighted by molar-refractivity contribution is -0.136. The van der Waals surface area contributed by atoms with Gasteiger partial charge in [0.2, 0.25) is 5.91 Å². The standard InChI is InChI=1S/C13H17N3O3/c14-11(8-1-2-8)6-12(17)16-10-4-3-9(15-7-10)5-13(18)19/h3-4,7-8,11H,1-2,5-6,14H2,(H,16,17)(H,18,19). The Morgan fingerprint density at radius 3 is 2.74 bits per heavy atom. The highest BCUT2D eigenvalue weighted by Crippen LogP contribution is 2.32. The van der Waals surface area contributed by atoms with E-state index in [9.17, 15) is 9.59 Å². The van der Waals surface area contributed by atoms with Gasteiger partial charge in [0.1, 0.15) is 0 Å². The number of carboxylic acid groups (broad SMARTS) is 1. The fourth-order valence-electron chi connectivity index (χ4n) is 1.88. The van der Waals surface area contributed by atoms with Crippen LogP contribution in [0.2, 0.25) is 0 Å². The van der Waals surface area contributed by atoms with Crippen molar-refractivity contribution >= 4 is 17.6 Å². The molecule has 1 aliphatic carbocycles. The molecule has 0 aliphatic heterocycles. The molecule has 1 atom stereocenters. The van der Waals surface area contributed by atoms with E-state index in [1.807, 2.05) is 0 Å². The van der Waals surface area contributed by atoms with Gasteiger partial charge in [-0.3, -0.25) is 14.6 Å². The number of hydrogen-bond donors (Lipinski definition) is 3. The topological polar surface area (TPSA) is 105 Å². The molecule has 102 valence electrons. The summed E-state index contributed by atoms with van der Waals surface area (Å²) in [5.41, 5.74) is 6.89. The molecule has 0 radical (unpaired) electrons. The molecule has 4 N–H and O–H groups in total. The first kappa shape index (κ1) is 13.5. The van der Waals surface area contributed by atoms with E-state index in [-0.39, 0.29) is 18.4 Å². The van der Waals surface area contributed by atoms with Gasteiger partial charge in [0, 0.05) is 12.5 Å². The normalized spacial score (nSPS) is 15.8. The number of aromatic nitrogens is 1. The van der Waals surface area contributed by atoms with E-state index in [4.69, 9.17) is 10.8 Å². The number of hydrogen-bond acceptors (Lipinski definition) is 4. The van der Waals surface area contributed by atoms with E-state index in [0.717, 1.165) is 12.8 Å². The highest BCUT2D eigenvalue weighted by molar-refractivity contribution is 5.91. The maximum atomic E-state index is 11.7. The van der Waals surface area contributed by atoms with E-state index >= 15 is 0 Å². The first-order valence-electron chi connectivity index (χ1n) is 6.27. The fourth-order valence-corrected chi connectivity index (χ4v) is 1.88. The predicted octanol–water partition coefficient (Wildman–Crippen LogP) is 0.775. The van der Waals surface area contributed by atoms with Crippen LogP contribution in [0.1, 0.15) is 25.0 Å². The van der Waals surface area contributed by atoms with Crippen LogP contribution in [-0.2, 0) is 16.0 Å². The van der Waals surface area contributed by atoms with Crippen molar-refractivity contribution in [3.63, 3.8) is 0 Å². The molecular weight excluding hydrogens is 246 g/mol. The molecule has 19 heavy (non-hydrogen) atoms. The van der Waals surface area contributed by atoms with Crippen LogP contribution in [0.25, 0.3) is 0 Å². The summed E-state index contributed by atoms with van der Waals surface area (Å²) in [6, 6.07) is 3.16. The van der Waals surface area contributed by atoms with Gasteiger partial charge in [-0.2, -0.15) is 0 Å². The number of rotatable bonds is 6. The molecular formula is C13H17N3O3. The molecule has 0 aromatic carbocycles. The monoisotopic (exact) mass is 263 g/mol. The zero-order valence-electron chi connectivity index (χ0n) is 10.5. The second-order valence-corrected chi connectivity index (χ2v) is 4.86. The lowest BCUT2D eigenvalue weighted by Gasteiger charge is -2.10. The number of nitrogens with zero attached hydrogens (tertiary/aromatic N) is 1. The molecule has 1 heterocycles. The van der Waals surface area contributed by atoms with Crippen molar-refractivity contribution in [1.82, 2.24) is 4.98 Å². The average molecular weight is 263 g/mol. The fraction of sp³-hybridized carbons (Fsp3) is 0.462. The number of carboxylic acids is 1. The van der Waals surface area contributed by atoms with Crippen LogP contribution in [0.15, 0.2) is 18.3 Å². The minimum atomic E-state index is -0.931. The number of aliphatic carboxylic acids is 1. The zero-order chi connectivity index (χ0) is 13.8. The van der Waals surface area contributed by atoms with Crippen molar-refractivity contribution in [1.29, 1.82) is 0 Å². The van der Waals surface area contributed by atoms with Crippen molar-refractivity contribution in [2.24, 2.45) is 11.7 Å². The van der Waals surface area contributed by atoms with Crippen LogP contribution in [0.5, 0.6) is 0 Å². The van der Waals surface area contributed by atoms with E-state index in [1.165, 1.54) is 6.20 Å². The van der Waals surface area contributed by atoms with Crippen LogP contribution in [0.4, 0.5) is 5.69 Å².